The van der Waals surface area contributed by atoms with Gasteiger partial charge < -0.3 is 9.47 Å². The van der Waals surface area contributed by atoms with Crippen LogP contribution in [0.2, 0.25) is 0 Å². The molecule has 0 spiro atoms. The molecule has 0 amide bonds. The van der Waals surface area contributed by atoms with Crippen molar-refractivity contribution in [1.29, 1.82) is 0 Å². The number of benzene rings is 2. The fourth-order valence-electron chi connectivity index (χ4n) is 2.39. The zero-order valence-corrected chi connectivity index (χ0v) is 12.0. The molecule has 0 saturated heterocycles. The van der Waals surface area contributed by atoms with Gasteiger partial charge in [-0.15, -0.1) is 0 Å². The van der Waals surface area contributed by atoms with Crippen LogP contribution in [0.4, 0.5) is 0 Å². The van der Waals surface area contributed by atoms with Crippen LogP contribution in [-0.2, 0) is 17.6 Å². The second-order valence-corrected chi connectivity index (χ2v) is 5.18. The molecule has 3 rings (SSSR count). The molecular weight excluding hydrogens is 264 g/mol. The number of hydrogen-bond donors (Lipinski definition) is 0. The average Bonchev–Trinajstić information content (AvgIpc) is 2.55. The first-order valence-electron chi connectivity index (χ1n) is 7.25. The summed E-state index contributed by atoms with van der Waals surface area (Å²) < 4.78 is 11.3. The van der Waals surface area contributed by atoms with E-state index in [1.807, 2.05) is 36.4 Å². The SMILES string of the molecule is CCc1ccc(CC(=O)C2COc3ccccc3O2)cc1. The molecule has 21 heavy (non-hydrogen) atoms. The molecule has 0 aromatic heterocycles. The van der Waals surface area contributed by atoms with Gasteiger partial charge in [-0.2, -0.15) is 0 Å². The van der Waals surface area contributed by atoms with E-state index in [0.29, 0.717) is 17.9 Å². The number of fused-ring (bicyclic) bond motifs is 1. The first-order chi connectivity index (χ1) is 10.3. The molecule has 1 aliphatic rings. The highest BCUT2D eigenvalue weighted by molar-refractivity contribution is 5.86. The Labute approximate surface area is 124 Å². The maximum Gasteiger partial charge on any atom is 0.191 e. The lowest BCUT2D eigenvalue weighted by Crippen LogP contribution is -2.37. The molecule has 0 aliphatic carbocycles. The third-order valence-electron chi connectivity index (χ3n) is 3.68. The second kappa shape index (κ2) is 6.00. The van der Waals surface area contributed by atoms with Gasteiger partial charge in [0.25, 0.3) is 0 Å². The molecule has 0 N–H and O–H groups in total. The van der Waals surface area contributed by atoms with Crippen LogP contribution in [0.1, 0.15) is 18.1 Å². The molecule has 0 bridgehead atoms. The minimum Gasteiger partial charge on any atom is -0.485 e. The number of Topliss-reactive ketones (excluding diaryl/α,β-unsaturated/α-hetero) is 1. The van der Waals surface area contributed by atoms with Crippen LogP contribution >= 0.6 is 0 Å². The van der Waals surface area contributed by atoms with Crippen molar-refractivity contribution in [2.45, 2.75) is 25.9 Å². The van der Waals surface area contributed by atoms with E-state index >= 15 is 0 Å². The molecule has 1 heterocycles. The van der Waals surface area contributed by atoms with Crippen LogP contribution in [-0.4, -0.2) is 18.5 Å². The molecular formula is C18H18O3. The highest BCUT2D eigenvalue weighted by Gasteiger charge is 2.26. The normalized spacial score (nSPS) is 16.5. The van der Waals surface area contributed by atoms with Crippen LogP contribution in [0.3, 0.4) is 0 Å². The molecule has 2 aromatic carbocycles. The number of aryl methyl sites for hydroxylation is 1. The van der Waals surface area contributed by atoms with Crippen LogP contribution in [0.5, 0.6) is 11.5 Å². The van der Waals surface area contributed by atoms with E-state index in [-0.39, 0.29) is 12.4 Å². The van der Waals surface area contributed by atoms with Crippen LogP contribution < -0.4 is 9.47 Å². The van der Waals surface area contributed by atoms with Crippen molar-refractivity contribution in [2.24, 2.45) is 0 Å². The lowest BCUT2D eigenvalue weighted by atomic mass is 10.0. The van der Waals surface area contributed by atoms with Gasteiger partial charge in [0, 0.05) is 6.42 Å². The topological polar surface area (TPSA) is 35.5 Å². The summed E-state index contributed by atoms with van der Waals surface area (Å²) in [5.41, 5.74) is 2.29. The fraction of sp³-hybridized carbons (Fsp3) is 0.278. The summed E-state index contributed by atoms with van der Waals surface area (Å²) in [5.74, 6) is 1.39. The number of para-hydroxylation sites is 2. The quantitative estimate of drug-likeness (QED) is 0.864. The molecule has 0 fully saturated rings. The van der Waals surface area contributed by atoms with Gasteiger partial charge >= 0.3 is 0 Å². The Morgan fingerprint density at radius 3 is 2.43 bits per heavy atom. The van der Waals surface area contributed by atoms with E-state index in [1.54, 1.807) is 0 Å². The lowest BCUT2D eigenvalue weighted by Gasteiger charge is -2.25. The van der Waals surface area contributed by atoms with Crippen molar-refractivity contribution < 1.29 is 14.3 Å². The largest absolute Gasteiger partial charge is 0.485 e. The Hall–Kier alpha value is -2.29. The number of carbonyl (C=O) groups is 1. The van der Waals surface area contributed by atoms with Gasteiger partial charge in [-0.1, -0.05) is 43.3 Å². The van der Waals surface area contributed by atoms with Gasteiger partial charge in [-0.05, 0) is 29.7 Å². The van der Waals surface area contributed by atoms with Crippen molar-refractivity contribution >= 4 is 5.78 Å². The van der Waals surface area contributed by atoms with Gasteiger partial charge in [-0.3, -0.25) is 4.79 Å². The Kier molecular flexibility index (Phi) is 3.91. The van der Waals surface area contributed by atoms with Gasteiger partial charge in [-0.25, -0.2) is 0 Å². The molecule has 1 atom stereocenters. The van der Waals surface area contributed by atoms with Crippen molar-refractivity contribution in [3.8, 4) is 11.5 Å². The molecule has 0 saturated carbocycles. The molecule has 3 nitrogen and oxygen atoms in total. The third kappa shape index (κ3) is 3.07. The number of ketones is 1. The molecule has 3 heteroatoms. The molecule has 108 valence electrons. The van der Waals surface area contributed by atoms with Crippen molar-refractivity contribution in [2.75, 3.05) is 6.61 Å². The number of rotatable bonds is 4. The highest BCUT2D eigenvalue weighted by Crippen LogP contribution is 2.31. The number of carbonyl (C=O) groups excluding carboxylic acids is 1. The average molecular weight is 282 g/mol. The molecule has 1 aliphatic heterocycles. The summed E-state index contributed by atoms with van der Waals surface area (Å²) in [6.45, 7) is 2.40. The van der Waals surface area contributed by atoms with Gasteiger partial charge in [0.05, 0.1) is 0 Å². The Balaban J connectivity index is 1.66. The second-order valence-electron chi connectivity index (χ2n) is 5.18. The van der Waals surface area contributed by atoms with Gasteiger partial charge in [0.15, 0.2) is 23.4 Å². The van der Waals surface area contributed by atoms with E-state index < -0.39 is 6.10 Å². The fourth-order valence-corrected chi connectivity index (χ4v) is 2.39. The monoisotopic (exact) mass is 282 g/mol. The zero-order valence-electron chi connectivity index (χ0n) is 12.0. The number of hydrogen-bond acceptors (Lipinski definition) is 3. The van der Waals surface area contributed by atoms with E-state index in [9.17, 15) is 4.79 Å². The minimum absolute atomic E-state index is 0.0498. The van der Waals surface area contributed by atoms with Crippen LogP contribution in [0, 0.1) is 0 Å². The third-order valence-corrected chi connectivity index (χ3v) is 3.68. The van der Waals surface area contributed by atoms with Gasteiger partial charge in [0.2, 0.25) is 0 Å². The smallest absolute Gasteiger partial charge is 0.191 e. The summed E-state index contributed by atoms with van der Waals surface area (Å²) >= 11 is 0. The van der Waals surface area contributed by atoms with E-state index in [4.69, 9.17) is 9.47 Å². The van der Waals surface area contributed by atoms with Gasteiger partial charge in [0.1, 0.15) is 6.61 Å². The molecule has 2 aromatic rings. The number of ether oxygens (including phenoxy) is 2. The van der Waals surface area contributed by atoms with Crippen molar-refractivity contribution in [3.63, 3.8) is 0 Å². The Morgan fingerprint density at radius 2 is 1.71 bits per heavy atom. The first kappa shape index (κ1) is 13.7. The van der Waals surface area contributed by atoms with E-state index in [1.165, 1.54) is 5.56 Å². The van der Waals surface area contributed by atoms with Crippen molar-refractivity contribution in [3.05, 3.63) is 59.7 Å². The lowest BCUT2D eigenvalue weighted by molar-refractivity contribution is -0.127. The Morgan fingerprint density at radius 1 is 1.05 bits per heavy atom. The molecule has 1 unspecified atom stereocenters. The predicted molar refractivity (Wildman–Crippen MR) is 80.9 cm³/mol. The predicted octanol–water partition coefficient (Wildman–Crippen LogP) is 3.20. The van der Waals surface area contributed by atoms with E-state index in [0.717, 1.165) is 12.0 Å². The maximum absolute atomic E-state index is 12.3. The summed E-state index contributed by atoms with van der Waals surface area (Å²) in [6, 6.07) is 15.6. The maximum atomic E-state index is 12.3. The van der Waals surface area contributed by atoms with Crippen LogP contribution in [0.25, 0.3) is 0 Å². The van der Waals surface area contributed by atoms with Crippen molar-refractivity contribution in [1.82, 2.24) is 0 Å². The van der Waals surface area contributed by atoms with Crippen LogP contribution in [0.15, 0.2) is 48.5 Å². The van der Waals surface area contributed by atoms with E-state index in [2.05, 4.69) is 19.1 Å². The zero-order chi connectivity index (χ0) is 14.7. The summed E-state index contributed by atoms with van der Waals surface area (Å²) in [7, 11) is 0. The summed E-state index contributed by atoms with van der Waals surface area (Å²) in [5, 5.41) is 0. The highest BCUT2D eigenvalue weighted by atomic mass is 16.6. The standard InChI is InChI=1S/C18H18O3/c1-2-13-7-9-14(10-8-13)11-15(19)18-12-20-16-5-3-4-6-17(16)21-18/h3-10,18H,2,11-12H2,1H3. The Bertz CT molecular complexity index is 631. The minimum atomic E-state index is -0.522. The summed E-state index contributed by atoms with van der Waals surface area (Å²) in [6.07, 6.45) is 0.857. The summed E-state index contributed by atoms with van der Waals surface area (Å²) in [4.78, 5) is 12.3. The first-order valence-corrected chi connectivity index (χ1v) is 7.25. The molecule has 0 radical (unpaired) electrons.